The molecular formula is C19H30FN5O2. The lowest BCUT2D eigenvalue weighted by Crippen LogP contribution is -2.43. The van der Waals surface area contributed by atoms with Crippen molar-refractivity contribution in [3.8, 4) is 0 Å². The summed E-state index contributed by atoms with van der Waals surface area (Å²) >= 11 is 0. The number of amides is 1. The molecule has 8 heteroatoms. The first-order valence-corrected chi connectivity index (χ1v) is 9.65. The molecule has 3 rings (SSSR count). The highest BCUT2D eigenvalue weighted by atomic mass is 19.1. The number of nitrogens with zero attached hydrogens (tertiary/aromatic N) is 5. The fourth-order valence-electron chi connectivity index (χ4n) is 4.07. The van der Waals surface area contributed by atoms with Crippen LogP contribution in [0.1, 0.15) is 38.5 Å². The Morgan fingerprint density at radius 2 is 2.07 bits per heavy atom. The van der Waals surface area contributed by atoms with E-state index in [1.165, 1.54) is 0 Å². The van der Waals surface area contributed by atoms with Gasteiger partial charge in [-0.1, -0.05) is 12.8 Å². The highest BCUT2D eigenvalue weighted by Gasteiger charge is 2.37. The van der Waals surface area contributed by atoms with Gasteiger partial charge in [-0.3, -0.25) is 4.79 Å². The summed E-state index contributed by atoms with van der Waals surface area (Å²) in [6, 6.07) is 1.64. The lowest BCUT2D eigenvalue weighted by molar-refractivity contribution is -0.135. The number of anilines is 2. The van der Waals surface area contributed by atoms with E-state index in [9.17, 15) is 14.3 Å². The minimum atomic E-state index is -0.949. The van der Waals surface area contributed by atoms with Gasteiger partial charge in [-0.15, -0.1) is 0 Å². The van der Waals surface area contributed by atoms with Crippen molar-refractivity contribution in [2.45, 2.75) is 56.3 Å². The zero-order valence-corrected chi connectivity index (χ0v) is 16.4. The Kier molecular flexibility index (Phi) is 5.83. The number of rotatable bonds is 6. The summed E-state index contributed by atoms with van der Waals surface area (Å²) in [6.45, 7) is 0.678. The first-order valence-electron chi connectivity index (χ1n) is 9.65. The van der Waals surface area contributed by atoms with E-state index in [1.807, 2.05) is 19.0 Å². The lowest BCUT2D eigenvalue weighted by atomic mass is 9.97. The number of aromatic nitrogens is 2. The SMILES string of the molecule is CN(C[C@@H]1C[C@H](F)CN1c1ccnc(N(C)C)n1)C(=O)CC1(O)CCCC1. The summed E-state index contributed by atoms with van der Waals surface area (Å²) in [6.07, 6.45) is 4.54. The van der Waals surface area contributed by atoms with Gasteiger partial charge in [0, 0.05) is 40.3 Å². The van der Waals surface area contributed by atoms with Crippen LogP contribution in [0.4, 0.5) is 16.2 Å². The summed E-state index contributed by atoms with van der Waals surface area (Å²) in [7, 11) is 5.45. The van der Waals surface area contributed by atoms with E-state index in [2.05, 4.69) is 9.97 Å². The third-order valence-electron chi connectivity index (χ3n) is 5.61. The molecule has 2 fully saturated rings. The van der Waals surface area contributed by atoms with E-state index >= 15 is 0 Å². The Balaban J connectivity index is 1.67. The van der Waals surface area contributed by atoms with Crippen molar-refractivity contribution < 1.29 is 14.3 Å². The van der Waals surface area contributed by atoms with Gasteiger partial charge in [-0.25, -0.2) is 9.37 Å². The second-order valence-corrected chi connectivity index (χ2v) is 8.13. The van der Waals surface area contributed by atoms with Crippen LogP contribution in [0.25, 0.3) is 0 Å². The molecule has 2 aliphatic rings. The van der Waals surface area contributed by atoms with Crippen LogP contribution in [0, 0.1) is 0 Å². The largest absolute Gasteiger partial charge is 0.389 e. The highest BCUT2D eigenvalue weighted by molar-refractivity contribution is 5.77. The number of alkyl halides is 1. The van der Waals surface area contributed by atoms with Gasteiger partial charge in [0.1, 0.15) is 12.0 Å². The van der Waals surface area contributed by atoms with E-state index in [-0.39, 0.29) is 24.9 Å². The smallest absolute Gasteiger partial charge is 0.226 e. The van der Waals surface area contributed by atoms with Gasteiger partial charge in [0.15, 0.2) is 0 Å². The number of carbonyl (C=O) groups excluding carboxylic acids is 1. The number of aliphatic hydroxyl groups is 1. The molecule has 1 aliphatic carbocycles. The zero-order chi connectivity index (χ0) is 19.6. The van der Waals surface area contributed by atoms with Gasteiger partial charge in [0.2, 0.25) is 11.9 Å². The van der Waals surface area contributed by atoms with Crippen LogP contribution in [-0.2, 0) is 4.79 Å². The molecule has 0 unspecified atom stereocenters. The Bertz CT molecular complexity index is 665. The molecule has 0 bridgehead atoms. The molecule has 0 aromatic carbocycles. The molecule has 1 amide bonds. The highest BCUT2D eigenvalue weighted by Crippen LogP contribution is 2.33. The normalized spacial score (nSPS) is 24.3. The molecule has 0 radical (unpaired) electrons. The average Bonchev–Trinajstić information content (AvgIpc) is 3.20. The van der Waals surface area contributed by atoms with E-state index in [0.29, 0.717) is 37.6 Å². The maximum absolute atomic E-state index is 14.2. The third kappa shape index (κ3) is 4.66. The fraction of sp³-hybridized carbons (Fsp3) is 0.737. The second kappa shape index (κ2) is 7.96. The van der Waals surface area contributed by atoms with Crippen LogP contribution in [0.2, 0.25) is 0 Å². The summed E-state index contributed by atoms with van der Waals surface area (Å²) in [5.74, 6) is 1.16. The van der Waals surface area contributed by atoms with Crippen LogP contribution in [-0.4, -0.2) is 77.9 Å². The topological polar surface area (TPSA) is 72.8 Å². The summed E-state index contributed by atoms with van der Waals surface area (Å²) < 4.78 is 14.2. The van der Waals surface area contributed by atoms with E-state index in [0.717, 1.165) is 12.8 Å². The number of hydrogen-bond donors (Lipinski definition) is 1. The maximum atomic E-state index is 14.2. The summed E-state index contributed by atoms with van der Waals surface area (Å²) in [5.41, 5.74) is -0.864. The summed E-state index contributed by atoms with van der Waals surface area (Å²) in [5, 5.41) is 10.5. The number of likely N-dealkylation sites (N-methyl/N-ethyl adjacent to an activating group) is 1. The lowest BCUT2D eigenvalue weighted by Gasteiger charge is -2.31. The van der Waals surface area contributed by atoms with Crippen LogP contribution >= 0.6 is 0 Å². The second-order valence-electron chi connectivity index (χ2n) is 8.13. The molecule has 1 aromatic rings. The van der Waals surface area contributed by atoms with Gasteiger partial charge in [0.05, 0.1) is 24.6 Å². The van der Waals surface area contributed by atoms with Crippen LogP contribution in [0.15, 0.2) is 12.3 Å². The number of halogens is 1. The molecule has 1 saturated heterocycles. The molecule has 1 N–H and O–H groups in total. The molecule has 150 valence electrons. The van der Waals surface area contributed by atoms with Crippen molar-refractivity contribution >= 4 is 17.7 Å². The minimum Gasteiger partial charge on any atom is -0.389 e. The first-order chi connectivity index (χ1) is 12.8. The minimum absolute atomic E-state index is 0.0849. The van der Waals surface area contributed by atoms with Crippen molar-refractivity contribution in [2.24, 2.45) is 0 Å². The predicted molar refractivity (Wildman–Crippen MR) is 103 cm³/mol. The van der Waals surface area contributed by atoms with Crippen molar-refractivity contribution in [2.75, 3.05) is 44.0 Å². The fourth-order valence-corrected chi connectivity index (χ4v) is 4.07. The van der Waals surface area contributed by atoms with Gasteiger partial charge >= 0.3 is 0 Å². The molecular weight excluding hydrogens is 349 g/mol. The summed E-state index contributed by atoms with van der Waals surface area (Å²) in [4.78, 5) is 26.7. The average molecular weight is 379 g/mol. The zero-order valence-electron chi connectivity index (χ0n) is 16.4. The number of hydrogen-bond acceptors (Lipinski definition) is 6. The molecule has 2 atom stereocenters. The molecule has 1 aliphatic heterocycles. The maximum Gasteiger partial charge on any atom is 0.226 e. The molecule has 0 spiro atoms. The van der Waals surface area contributed by atoms with Gasteiger partial charge in [-0.05, 0) is 18.9 Å². The predicted octanol–water partition coefficient (Wildman–Crippen LogP) is 1.61. The van der Waals surface area contributed by atoms with Crippen LogP contribution in [0.3, 0.4) is 0 Å². The Morgan fingerprint density at radius 1 is 1.37 bits per heavy atom. The van der Waals surface area contributed by atoms with E-state index in [1.54, 1.807) is 29.1 Å². The van der Waals surface area contributed by atoms with Gasteiger partial charge in [-0.2, -0.15) is 4.98 Å². The van der Waals surface area contributed by atoms with Crippen LogP contribution < -0.4 is 9.80 Å². The van der Waals surface area contributed by atoms with Gasteiger partial charge < -0.3 is 19.8 Å². The van der Waals surface area contributed by atoms with Crippen molar-refractivity contribution in [1.29, 1.82) is 0 Å². The molecule has 1 aromatic heterocycles. The van der Waals surface area contributed by atoms with Crippen molar-refractivity contribution in [3.63, 3.8) is 0 Å². The molecule has 7 nitrogen and oxygen atoms in total. The van der Waals surface area contributed by atoms with Crippen molar-refractivity contribution in [3.05, 3.63) is 12.3 Å². The van der Waals surface area contributed by atoms with Crippen molar-refractivity contribution in [1.82, 2.24) is 14.9 Å². The van der Waals surface area contributed by atoms with Crippen LogP contribution in [0.5, 0.6) is 0 Å². The standard InChI is InChI=1S/C19H30FN5O2/c1-23(2)18-21-9-6-16(22-18)25-12-14(20)10-15(25)13-24(3)17(26)11-19(27)7-4-5-8-19/h6,9,14-15,27H,4-5,7-8,10-13H2,1-3H3/t14-,15-/m0/s1. The molecule has 2 heterocycles. The Labute approximate surface area is 160 Å². The van der Waals surface area contributed by atoms with E-state index < -0.39 is 11.8 Å². The number of carbonyl (C=O) groups is 1. The monoisotopic (exact) mass is 379 g/mol. The Morgan fingerprint density at radius 3 is 2.74 bits per heavy atom. The first kappa shape index (κ1) is 19.8. The Hall–Kier alpha value is -1.96. The molecule has 27 heavy (non-hydrogen) atoms. The van der Waals surface area contributed by atoms with E-state index in [4.69, 9.17) is 0 Å². The van der Waals surface area contributed by atoms with Gasteiger partial charge in [0.25, 0.3) is 0 Å². The quantitative estimate of drug-likeness (QED) is 0.810. The third-order valence-corrected chi connectivity index (χ3v) is 5.61. The molecule has 1 saturated carbocycles.